The molecule has 0 aliphatic carbocycles. The summed E-state index contributed by atoms with van der Waals surface area (Å²) in [5.41, 5.74) is 0.536. The maximum Gasteiger partial charge on any atom is 0.332 e. The van der Waals surface area contributed by atoms with Crippen LogP contribution in [0.15, 0.2) is 46.1 Å². The normalized spacial score (nSPS) is 10.8. The lowest BCUT2D eigenvalue weighted by Crippen LogP contribution is -2.41. The molecule has 6 heteroatoms. The second-order valence-electron chi connectivity index (χ2n) is 5.03. The average Bonchev–Trinajstić information content (AvgIpc) is 2.54. The van der Waals surface area contributed by atoms with Crippen LogP contribution in [-0.2, 0) is 24.6 Å². The summed E-state index contributed by atoms with van der Waals surface area (Å²) in [6.45, 7) is 1.56. The summed E-state index contributed by atoms with van der Waals surface area (Å²) >= 11 is 0. The number of hydrogen-bond acceptors (Lipinski definition) is 3. The minimum Gasteiger partial charge on any atom is -0.356 e. The molecule has 2 aromatic rings. The quantitative estimate of drug-likeness (QED) is 0.784. The van der Waals surface area contributed by atoms with Crippen LogP contribution in [0.25, 0.3) is 0 Å². The molecule has 0 atom stereocenters. The van der Waals surface area contributed by atoms with Gasteiger partial charge in [0, 0.05) is 18.3 Å². The van der Waals surface area contributed by atoms with Crippen LogP contribution in [0, 0.1) is 6.92 Å². The predicted octanol–water partition coefficient (Wildman–Crippen LogP) is 1.85. The summed E-state index contributed by atoms with van der Waals surface area (Å²) < 4.78 is 20.1. The molecule has 0 radical (unpaired) electrons. The first kappa shape index (κ1) is 16.2. The Balaban J connectivity index is 2.14. The molecule has 118 valence electrons. The summed E-state index contributed by atoms with van der Waals surface area (Å²) in [7, 11) is 0. The van der Waals surface area contributed by atoms with Gasteiger partial charge < -0.3 is 4.74 Å². The minimum atomic E-state index is -0.505. The van der Waals surface area contributed by atoms with E-state index < -0.39 is 12.4 Å². The summed E-state index contributed by atoms with van der Waals surface area (Å²) in [5, 5.41) is 0. The lowest BCUT2D eigenvalue weighted by Gasteiger charge is -2.11. The standard InChI is InChI=1S/C16H19FN2O3/c1-13-10-18(9-5-8-17)16(21)19(15(13)20)12-22-11-14-6-3-2-4-7-14/h2-4,6-7,10H,5,8-9,11-12H2,1H3. The Morgan fingerprint density at radius 3 is 2.59 bits per heavy atom. The summed E-state index contributed by atoms with van der Waals surface area (Å²) in [6.07, 6.45) is 1.70. The van der Waals surface area contributed by atoms with Gasteiger partial charge in [-0.3, -0.25) is 13.8 Å². The molecule has 1 aromatic heterocycles. The van der Waals surface area contributed by atoms with Crippen LogP contribution in [-0.4, -0.2) is 15.8 Å². The number of benzene rings is 1. The van der Waals surface area contributed by atoms with Crippen LogP contribution in [0.2, 0.25) is 0 Å². The van der Waals surface area contributed by atoms with Crippen molar-refractivity contribution in [2.45, 2.75) is 33.2 Å². The largest absolute Gasteiger partial charge is 0.356 e. The third-order valence-electron chi connectivity index (χ3n) is 3.27. The molecule has 2 rings (SSSR count). The molecule has 0 aliphatic heterocycles. The highest BCUT2D eigenvalue weighted by Gasteiger charge is 2.08. The third kappa shape index (κ3) is 3.92. The molecule has 1 aromatic carbocycles. The van der Waals surface area contributed by atoms with Crippen molar-refractivity contribution in [3.63, 3.8) is 0 Å². The van der Waals surface area contributed by atoms with Gasteiger partial charge in [-0.25, -0.2) is 9.36 Å². The van der Waals surface area contributed by atoms with Crippen molar-refractivity contribution in [2.75, 3.05) is 6.67 Å². The fraction of sp³-hybridized carbons (Fsp3) is 0.375. The number of nitrogens with zero attached hydrogens (tertiary/aromatic N) is 2. The number of hydrogen-bond donors (Lipinski definition) is 0. The van der Waals surface area contributed by atoms with Gasteiger partial charge in [0.15, 0.2) is 0 Å². The van der Waals surface area contributed by atoms with Gasteiger partial charge >= 0.3 is 5.69 Å². The Bertz CT molecular complexity index is 722. The zero-order valence-corrected chi connectivity index (χ0v) is 12.5. The van der Waals surface area contributed by atoms with E-state index in [0.717, 1.165) is 10.1 Å². The Labute approximate surface area is 127 Å². The van der Waals surface area contributed by atoms with Crippen LogP contribution in [0.4, 0.5) is 4.39 Å². The van der Waals surface area contributed by atoms with Crippen molar-refractivity contribution in [2.24, 2.45) is 0 Å². The smallest absolute Gasteiger partial charge is 0.332 e. The summed E-state index contributed by atoms with van der Waals surface area (Å²) in [4.78, 5) is 24.3. The Kier molecular flexibility index (Phi) is 5.66. The molecule has 0 spiro atoms. The number of rotatable bonds is 7. The number of aryl methyl sites for hydroxylation is 2. The number of alkyl halides is 1. The molecular weight excluding hydrogens is 287 g/mol. The topological polar surface area (TPSA) is 53.2 Å². The molecule has 22 heavy (non-hydrogen) atoms. The van der Waals surface area contributed by atoms with Gasteiger partial charge in [0.1, 0.15) is 6.73 Å². The second-order valence-corrected chi connectivity index (χ2v) is 5.03. The molecule has 0 saturated carbocycles. The first-order valence-electron chi connectivity index (χ1n) is 7.12. The second kappa shape index (κ2) is 7.70. The molecule has 1 heterocycles. The van der Waals surface area contributed by atoms with E-state index in [1.165, 1.54) is 10.8 Å². The summed E-state index contributed by atoms with van der Waals surface area (Å²) in [5.74, 6) is 0. The van der Waals surface area contributed by atoms with Gasteiger partial charge in [-0.05, 0) is 18.9 Å². The maximum absolute atomic E-state index is 12.3. The maximum atomic E-state index is 12.3. The van der Waals surface area contributed by atoms with Gasteiger partial charge in [-0.2, -0.15) is 0 Å². The predicted molar refractivity (Wildman–Crippen MR) is 81.5 cm³/mol. The van der Waals surface area contributed by atoms with E-state index in [4.69, 9.17) is 4.74 Å². The van der Waals surface area contributed by atoms with E-state index in [0.29, 0.717) is 12.2 Å². The van der Waals surface area contributed by atoms with Gasteiger partial charge in [0.05, 0.1) is 13.3 Å². The molecular formula is C16H19FN2O3. The van der Waals surface area contributed by atoms with Crippen molar-refractivity contribution in [3.8, 4) is 0 Å². The Morgan fingerprint density at radius 2 is 1.91 bits per heavy atom. The molecule has 0 amide bonds. The minimum absolute atomic E-state index is 0.121. The lowest BCUT2D eigenvalue weighted by molar-refractivity contribution is 0.0576. The van der Waals surface area contributed by atoms with Crippen LogP contribution < -0.4 is 11.2 Å². The zero-order chi connectivity index (χ0) is 15.9. The fourth-order valence-corrected chi connectivity index (χ4v) is 2.13. The average molecular weight is 306 g/mol. The molecule has 0 fully saturated rings. The van der Waals surface area contributed by atoms with E-state index in [9.17, 15) is 14.0 Å². The molecule has 0 aliphatic rings. The van der Waals surface area contributed by atoms with Crippen LogP contribution in [0.5, 0.6) is 0 Å². The first-order valence-corrected chi connectivity index (χ1v) is 7.12. The third-order valence-corrected chi connectivity index (χ3v) is 3.27. The summed E-state index contributed by atoms with van der Waals surface area (Å²) in [6, 6.07) is 9.48. The Hall–Kier alpha value is -2.21. The van der Waals surface area contributed by atoms with Crippen molar-refractivity contribution in [3.05, 3.63) is 68.5 Å². The fourth-order valence-electron chi connectivity index (χ4n) is 2.13. The molecule has 0 N–H and O–H groups in total. The van der Waals surface area contributed by atoms with Crippen LogP contribution >= 0.6 is 0 Å². The van der Waals surface area contributed by atoms with Crippen LogP contribution in [0.1, 0.15) is 17.5 Å². The van der Waals surface area contributed by atoms with Gasteiger partial charge in [0.2, 0.25) is 0 Å². The van der Waals surface area contributed by atoms with E-state index in [1.807, 2.05) is 30.3 Å². The van der Waals surface area contributed by atoms with Gasteiger partial charge in [-0.15, -0.1) is 0 Å². The molecule has 0 unspecified atom stereocenters. The molecule has 0 bridgehead atoms. The number of halogens is 1. The van der Waals surface area contributed by atoms with Crippen molar-refractivity contribution in [1.82, 2.24) is 9.13 Å². The lowest BCUT2D eigenvalue weighted by atomic mass is 10.2. The number of aromatic nitrogens is 2. The van der Waals surface area contributed by atoms with Gasteiger partial charge in [0.25, 0.3) is 5.56 Å². The van der Waals surface area contributed by atoms with E-state index in [2.05, 4.69) is 0 Å². The highest BCUT2D eigenvalue weighted by molar-refractivity contribution is 5.13. The van der Waals surface area contributed by atoms with Crippen molar-refractivity contribution < 1.29 is 9.13 Å². The van der Waals surface area contributed by atoms with Crippen molar-refractivity contribution >= 4 is 0 Å². The van der Waals surface area contributed by atoms with E-state index >= 15 is 0 Å². The monoisotopic (exact) mass is 306 g/mol. The number of ether oxygens (including phenoxy) is 1. The van der Waals surface area contributed by atoms with Crippen molar-refractivity contribution in [1.29, 1.82) is 0 Å². The highest BCUT2D eigenvalue weighted by Crippen LogP contribution is 2.00. The Morgan fingerprint density at radius 1 is 1.18 bits per heavy atom. The van der Waals surface area contributed by atoms with Gasteiger partial charge in [-0.1, -0.05) is 30.3 Å². The highest BCUT2D eigenvalue weighted by atomic mass is 19.1. The SMILES string of the molecule is Cc1cn(CCCF)c(=O)n(COCc2ccccc2)c1=O. The molecule has 5 nitrogen and oxygen atoms in total. The van der Waals surface area contributed by atoms with E-state index in [1.54, 1.807) is 6.92 Å². The molecule has 0 saturated heterocycles. The first-order chi connectivity index (χ1) is 10.6. The van der Waals surface area contributed by atoms with E-state index in [-0.39, 0.29) is 25.3 Å². The zero-order valence-electron chi connectivity index (χ0n) is 12.5. The van der Waals surface area contributed by atoms with Crippen LogP contribution in [0.3, 0.4) is 0 Å².